The minimum atomic E-state index is -0.641. The van der Waals surface area contributed by atoms with Crippen LogP contribution in [0, 0.1) is 0 Å². The van der Waals surface area contributed by atoms with Gasteiger partial charge in [-0.05, 0) is 70.1 Å². The quantitative estimate of drug-likeness (QED) is 0.711. The number of amides is 4. The molecule has 2 atom stereocenters. The molecule has 2 fully saturated rings. The predicted octanol–water partition coefficient (Wildman–Crippen LogP) is 3.30. The van der Waals surface area contributed by atoms with E-state index in [4.69, 9.17) is 4.74 Å². The van der Waals surface area contributed by atoms with Crippen molar-refractivity contribution in [3.8, 4) is 0 Å². The lowest BCUT2D eigenvalue weighted by molar-refractivity contribution is -0.132. The van der Waals surface area contributed by atoms with E-state index in [1.165, 1.54) is 0 Å². The van der Waals surface area contributed by atoms with Crippen LogP contribution in [-0.4, -0.2) is 51.8 Å². The fourth-order valence-electron chi connectivity index (χ4n) is 4.81. The summed E-state index contributed by atoms with van der Waals surface area (Å²) in [4.78, 5) is 53.3. The Morgan fingerprint density at radius 1 is 1.06 bits per heavy atom. The Labute approximate surface area is 188 Å². The lowest BCUT2D eigenvalue weighted by Gasteiger charge is -2.37. The Kier molecular flexibility index (Phi) is 5.97. The minimum absolute atomic E-state index is 0.105. The third-order valence-corrected chi connectivity index (χ3v) is 6.30. The second kappa shape index (κ2) is 8.56. The van der Waals surface area contributed by atoms with Gasteiger partial charge in [-0.25, -0.2) is 4.79 Å². The molecule has 4 rings (SSSR count). The van der Waals surface area contributed by atoms with Crippen LogP contribution < -0.4 is 5.32 Å². The number of ether oxygens (including phenoxy) is 1. The Hall–Kier alpha value is -2.90. The first-order valence-corrected chi connectivity index (χ1v) is 11.4. The van der Waals surface area contributed by atoms with E-state index in [1.807, 2.05) is 32.9 Å². The number of piperidine rings is 1. The summed E-state index contributed by atoms with van der Waals surface area (Å²) in [5.41, 5.74) is 1.84. The highest BCUT2D eigenvalue weighted by Gasteiger charge is 2.39. The van der Waals surface area contributed by atoms with E-state index >= 15 is 0 Å². The van der Waals surface area contributed by atoms with Crippen LogP contribution in [0.5, 0.6) is 0 Å². The highest BCUT2D eigenvalue weighted by molar-refractivity contribution is 6.04. The van der Waals surface area contributed by atoms with Crippen LogP contribution >= 0.6 is 0 Å². The van der Waals surface area contributed by atoms with Gasteiger partial charge in [0.05, 0.1) is 6.04 Å². The summed E-state index contributed by atoms with van der Waals surface area (Å²) >= 11 is 0. The summed E-state index contributed by atoms with van der Waals surface area (Å²) in [5, 5.41) is 2.39. The smallest absolute Gasteiger partial charge is 0.410 e. The van der Waals surface area contributed by atoms with Gasteiger partial charge in [-0.2, -0.15) is 0 Å². The minimum Gasteiger partial charge on any atom is -0.444 e. The number of benzene rings is 1. The molecule has 1 aromatic rings. The number of nitrogens with zero attached hydrogens (tertiary/aromatic N) is 2. The summed E-state index contributed by atoms with van der Waals surface area (Å²) in [7, 11) is 0. The van der Waals surface area contributed by atoms with E-state index < -0.39 is 17.6 Å². The zero-order valence-electron chi connectivity index (χ0n) is 19.0. The SMILES string of the molecule is CC(C)(C)OC(=O)N1CCCCC1c1ccc2c(c1)CN(C1CCCC(=O)NC1=O)C2=O. The molecule has 2 unspecified atom stereocenters. The number of nitrogens with one attached hydrogen (secondary N) is 1. The Morgan fingerprint density at radius 2 is 1.81 bits per heavy atom. The molecule has 1 N–H and O–H groups in total. The molecule has 0 aliphatic carbocycles. The van der Waals surface area contributed by atoms with Gasteiger partial charge in [0.15, 0.2) is 0 Å². The van der Waals surface area contributed by atoms with Gasteiger partial charge in [0.1, 0.15) is 11.6 Å². The third kappa shape index (κ3) is 4.49. The van der Waals surface area contributed by atoms with Crippen LogP contribution in [0.2, 0.25) is 0 Å². The van der Waals surface area contributed by atoms with Crippen LogP contribution in [-0.2, 0) is 20.9 Å². The van der Waals surface area contributed by atoms with Gasteiger partial charge < -0.3 is 14.5 Å². The van der Waals surface area contributed by atoms with E-state index in [-0.39, 0.29) is 23.9 Å². The van der Waals surface area contributed by atoms with Crippen molar-refractivity contribution in [2.45, 2.75) is 83.5 Å². The second-order valence-corrected chi connectivity index (χ2v) is 9.86. The number of fused-ring (bicyclic) bond motifs is 1. The number of rotatable bonds is 2. The molecule has 2 saturated heterocycles. The number of carbonyl (C=O) groups is 4. The first-order chi connectivity index (χ1) is 15.1. The molecule has 8 heteroatoms. The molecular weight excluding hydrogens is 410 g/mol. The van der Waals surface area contributed by atoms with E-state index in [0.717, 1.165) is 30.4 Å². The maximum atomic E-state index is 13.0. The Balaban J connectivity index is 1.55. The lowest BCUT2D eigenvalue weighted by atomic mass is 9.93. The largest absolute Gasteiger partial charge is 0.444 e. The predicted molar refractivity (Wildman–Crippen MR) is 117 cm³/mol. The number of hydrogen-bond donors (Lipinski definition) is 1. The summed E-state index contributed by atoms with van der Waals surface area (Å²) in [6.45, 7) is 6.54. The molecule has 3 aliphatic heterocycles. The van der Waals surface area contributed by atoms with Crippen LogP contribution in [0.4, 0.5) is 4.79 Å². The molecule has 0 saturated carbocycles. The molecule has 3 aliphatic rings. The average molecular weight is 442 g/mol. The van der Waals surface area contributed by atoms with Crippen LogP contribution in [0.1, 0.15) is 86.8 Å². The summed E-state index contributed by atoms with van der Waals surface area (Å²) in [6.07, 6.45) is 3.80. The highest BCUT2D eigenvalue weighted by Crippen LogP contribution is 2.35. The van der Waals surface area contributed by atoms with Gasteiger partial charge in [-0.15, -0.1) is 0 Å². The second-order valence-electron chi connectivity index (χ2n) is 9.86. The van der Waals surface area contributed by atoms with E-state index in [1.54, 1.807) is 15.9 Å². The van der Waals surface area contributed by atoms with Crippen molar-refractivity contribution >= 4 is 23.8 Å². The first kappa shape index (κ1) is 22.3. The molecule has 1 aromatic carbocycles. The van der Waals surface area contributed by atoms with Crippen molar-refractivity contribution in [2.75, 3.05) is 6.54 Å². The monoisotopic (exact) mass is 441 g/mol. The number of likely N-dealkylation sites (tertiary alicyclic amines) is 1. The zero-order chi connectivity index (χ0) is 23.0. The molecule has 3 heterocycles. The van der Waals surface area contributed by atoms with Crippen molar-refractivity contribution in [2.24, 2.45) is 0 Å². The summed E-state index contributed by atoms with van der Waals surface area (Å²) < 4.78 is 5.62. The highest BCUT2D eigenvalue weighted by atomic mass is 16.6. The molecular formula is C24H31N3O5. The Morgan fingerprint density at radius 3 is 2.56 bits per heavy atom. The summed E-state index contributed by atoms with van der Waals surface area (Å²) in [5.74, 6) is -0.880. The molecule has 0 radical (unpaired) electrons. The van der Waals surface area contributed by atoms with Crippen LogP contribution in [0.3, 0.4) is 0 Å². The fourth-order valence-corrected chi connectivity index (χ4v) is 4.81. The van der Waals surface area contributed by atoms with Gasteiger partial charge >= 0.3 is 6.09 Å². The lowest BCUT2D eigenvalue weighted by Crippen LogP contribution is -2.46. The molecule has 0 spiro atoms. The number of carbonyl (C=O) groups excluding carboxylic acids is 4. The normalized spacial score (nSPS) is 24.2. The molecule has 172 valence electrons. The maximum Gasteiger partial charge on any atom is 0.410 e. The van der Waals surface area contributed by atoms with Gasteiger partial charge in [0.25, 0.3) is 5.91 Å². The first-order valence-electron chi connectivity index (χ1n) is 11.4. The van der Waals surface area contributed by atoms with Gasteiger partial charge in [0, 0.05) is 25.1 Å². The van der Waals surface area contributed by atoms with Crippen molar-refractivity contribution in [3.63, 3.8) is 0 Å². The topological polar surface area (TPSA) is 96.0 Å². The standard InChI is InChI=1S/C24H31N3O5/c1-24(2,3)32-23(31)26-12-5-4-7-18(26)15-10-11-17-16(13-15)14-27(22(17)30)19-8-6-9-20(28)25-21(19)29/h10-11,13,18-19H,4-9,12,14H2,1-3H3,(H,25,28,29). The van der Waals surface area contributed by atoms with Crippen molar-refractivity contribution in [3.05, 3.63) is 34.9 Å². The van der Waals surface area contributed by atoms with Crippen LogP contribution in [0.15, 0.2) is 18.2 Å². The van der Waals surface area contributed by atoms with Gasteiger partial charge in [-0.3, -0.25) is 19.7 Å². The summed E-state index contributed by atoms with van der Waals surface area (Å²) in [6, 6.07) is 4.95. The van der Waals surface area contributed by atoms with Crippen molar-refractivity contribution < 1.29 is 23.9 Å². The van der Waals surface area contributed by atoms with Gasteiger partial charge in [0.2, 0.25) is 11.8 Å². The Bertz CT molecular complexity index is 951. The number of hydrogen-bond acceptors (Lipinski definition) is 5. The molecule has 8 nitrogen and oxygen atoms in total. The van der Waals surface area contributed by atoms with E-state index in [9.17, 15) is 19.2 Å². The van der Waals surface area contributed by atoms with Crippen molar-refractivity contribution in [1.29, 1.82) is 0 Å². The van der Waals surface area contributed by atoms with E-state index in [0.29, 0.717) is 37.9 Å². The molecule has 0 aromatic heterocycles. The fraction of sp³-hybridized carbons (Fsp3) is 0.583. The third-order valence-electron chi connectivity index (χ3n) is 6.30. The zero-order valence-corrected chi connectivity index (χ0v) is 19.0. The van der Waals surface area contributed by atoms with Crippen LogP contribution in [0.25, 0.3) is 0 Å². The molecule has 0 bridgehead atoms. The average Bonchev–Trinajstić information content (AvgIpc) is 2.94. The molecule has 32 heavy (non-hydrogen) atoms. The molecule has 4 amide bonds. The van der Waals surface area contributed by atoms with E-state index in [2.05, 4.69) is 5.32 Å². The van der Waals surface area contributed by atoms with Gasteiger partial charge in [-0.1, -0.05) is 12.1 Å². The number of imide groups is 1. The van der Waals surface area contributed by atoms with Crippen molar-refractivity contribution in [1.82, 2.24) is 15.1 Å². The maximum absolute atomic E-state index is 13.0.